The number of pyridine rings is 1. The monoisotopic (exact) mass is 248 g/mol. The van der Waals surface area contributed by atoms with Crippen molar-refractivity contribution in [1.29, 1.82) is 0 Å². The number of fused-ring (bicyclic) bond motifs is 1. The molecule has 0 radical (unpaired) electrons. The second-order valence-corrected chi connectivity index (χ2v) is 4.29. The fourth-order valence-corrected chi connectivity index (χ4v) is 1.87. The van der Waals surface area contributed by atoms with E-state index >= 15 is 0 Å². The fraction of sp³-hybridized carbons (Fsp3) is 0.500. The Morgan fingerprint density at radius 2 is 2.11 bits per heavy atom. The first-order valence-corrected chi connectivity index (χ1v) is 6.20. The van der Waals surface area contributed by atoms with Gasteiger partial charge in [0.25, 0.3) is 5.65 Å². The average Bonchev–Trinajstić information content (AvgIpc) is 2.76. The molecule has 6 nitrogen and oxygen atoms in total. The van der Waals surface area contributed by atoms with Crippen molar-refractivity contribution in [3.63, 3.8) is 0 Å². The number of aryl methyl sites for hydroxylation is 1. The zero-order valence-electron chi connectivity index (χ0n) is 10.3. The number of hydrogen-bond acceptors (Lipinski definition) is 4. The van der Waals surface area contributed by atoms with Crippen LogP contribution in [0, 0.1) is 10.1 Å². The lowest BCUT2D eigenvalue weighted by molar-refractivity contribution is -0.389. The topological polar surface area (TPSA) is 84.7 Å². The maximum atomic E-state index is 10.6. The number of imidazole rings is 1. The van der Waals surface area contributed by atoms with Gasteiger partial charge in [-0.25, -0.2) is 0 Å². The normalized spacial score (nSPS) is 10.9. The molecule has 0 saturated heterocycles. The maximum absolute atomic E-state index is 10.6. The van der Waals surface area contributed by atoms with Crippen LogP contribution >= 0.6 is 0 Å². The number of H-pyrrole nitrogens is 1. The standard InChI is InChI=1S/C12H16N4O2/c1-2-3-4-5-6-10-13-9-7-8-11(16(17)18)15-12(9)14-10/h7-8H,2-6H2,1H3,(H,13,14,15). The molecule has 0 aliphatic heterocycles. The van der Waals surface area contributed by atoms with Crippen LogP contribution in [-0.4, -0.2) is 19.9 Å². The van der Waals surface area contributed by atoms with E-state index in [1.54, 1.807) is 6.07 Å². The minimum atomic E-state index is -0.505. The molecule has 0 saturated carbocycles. The molecule has 96 valence electrons. The molecule has 2 rings (SSSR count). The summed E-state index contributed by atoms with van der Waals surface area (Å²) < 4.78 is 0. The number of hydrogen-bond donors (Lipinski definition) is 1. The summed E-state index contributed by atoms with van der Waals surface area (Å²) >= 11 is 0. The summed E-state index contributed by atoms with van der Waals surface area (Å²) in [6.07, 6.45) is 5.55. The Morgan fingerprint density at radius 1 is 1.28 bits per heavy atom. The van der Waals surface area contributed by atoms with Crippen LogP contribution in [0.5, 0.6) is 0 Å². The van der Waals surface area contributed by atoms with Gasteiger partial charge in [-0.15, -0.1) is 0 Å². The lowest BCUT2D eigenvalue weighted by Crippen LogP contribution is -1.91. The van der Waals surface area contributed by atoms with Crippen LogP contribution in [0.3, 0.4) is 0 Å². The zero-order chi connectivity index (χ0) is 13.0. The zero-order valence-corrected chi connectivity index (χ0v) is 10.3. The van der Waals surface area contributed by atoms with E-state index in [9.17, 15) is 10.1 Å². The molecular weight excluding hydrogens is 232 g/mol. The summed E-state index contributed by atoms with van der Waals surface area (Å²) in [6.45, 7) is 2.17. The Hall–Kier alpha value is -1.98. The van der Waals surface area contributed by atoms with Crippen LogP contribution in [0.25, 0.3) is 11.2 Å². The van der Waals surface area contributed by atoms with Gasteiger partial charge in [0.05, 0.1) is 0 Å². The van der Waals surface area contributed by atoms with Crippen molar-refractivity contribution >= 4 is 17.0 Å². The largest absolute Gasteiger partial charge is 0.366 e. The smallest absolute Gasteiger partial charge is 0.358 e. The number of nitro groups is 1. The second-order valence-electron chi connectivity index (χ2n) is 4.29. The Kier molecular flexibility index (Phi) is 3.86. The highest BCUT2D eigenvalue weighted by molar-refractivity contribution is 5.71. The van der Waals surface area contributed by atoms with Crippen molar-refractivity contribution in [3.8, 4) is 0 Å². The molecule has 0 atom stereocenters. The summed E-state index contributed by atoms with van der Waals surface area (Å²) in [5.74, 6) is 0.695. The SMILES string of the molecule is CCCCCCc1nc2nc([N+](=O)[O-])ccc2[nH]1. The number of nitrogens with one attached hydrogen (secondary N) is 1. The van der Waals surface area contributed by atoms with Gasteiger partial charge in [-0.2, -0.15) is 4.98 Å². The van der Waals surface area contributed by atoms with Gasteiger partial charge in [0, 0.05) is 12.5 Å². The predicted octanol–water partition coefficient (Wildman–Crippen LogP) is 2.99. The number of nitrogens with zero attached hydrogens (tertiary/aromatic N) is 3. The average molecular weight is 248 g/mol. The van der Waals surface area contributed by atoms with Crippen LogP contribution < -0.4 is 0 Å². The van der Waals surface area contributed by atoms with Gasteiger partial charge >= 0.3 is 5.82 Å². The number of aromatic amines is 1. The van der Waals surface area contributed by atoms with E-state index in [1.807, 2.05) is 0 Å². The van der Waals surface area contributed by atoms with E-state index in [0.29, 0.717) is 5.65 Å². The Bertz CT molecular complexity index is 550. The van der Waals surface area contributed by atoms with E-state index < -0.39 is 4.92 Å². The molecule has 0 unspecified atom stereocenters. The van der Waals surface area contributed by atoms with Gasteiger partial charge in [-0.3, -0.25) is 0 Å². The van der Waals surface area contributed by atoms with Crippen LogP contribution in [-0.2, 0) is 6.42 Å². The summed E-state index contributed by atoms with van der Waals surface area (Å²) in [4.78, 5) is 21.4. The summed E-state index contributed by atoms with van der Waals surface area (Å²) in [5, 5.41) is 10.6. The van der Waals surface area contributed by atoms with E-state index in [-0.39, 0.29) is 5.82 Å². The van der Waals surface area contributed by atoms with Gasteiger partial charge in [0.1, 0.15) is 11.3 Å². The van der Waals surface area contributed by atoms with Gasteiger partial charge in [-0.1, -0.05) is 26.2 Å². The maximum Gasteiger partial charge on any atom is 0.366 e. The minimum absolute atomic E-state index is 0.161. The third-order valence-corrected chi connectivity index (χ3v) is 2.83. The van der Waals surface area contributed by atoms with Crippen molar-refractivity contribution < 1.29 is 4.92 Å². The second kappa shape index (κ2) is 5.57. The number of unbranched alkanes of at least 4 members (excludes halogenated alkanes) is 3. The molecule has 0 spiro atoms. The molecule has 0 fully saturated rings. The van der Waals surface area contributed by atoms with Crippen molar-refractivity contribution in [2.24, 2.45) is 0 Å². The van der Waals surface area contributed by atoms with Gasteiger partial charge in [0.2, 0.25) is 0 Å². The van der Waals surface area contributed by atoms with Crippen molar-refractivity contribution in [1.82, 2.24) is 15.0 Å². The molecule has 6 heteroatoms. The summed E-state index contributed by atoms with van der Waals surface area (Å²) in [6, 6.07) is 3.05. The molecule has 2 heterocycles. The van der Waals surface area contributed by atoms with Crippen LogP contribution in [0.4, 0.5) is 5.82 Å². The first-order valence-electron chi connectivity index (χ1n) is 6.20. The molecular formula is C12H16N4O2. The summed E-state index contributed by atoms with van der Waals surface area (Å²) in [7, 11) is 0. The van der Waals surface area contributed by atoms with Crippen molar-refractivity contribution in [2.75, 3.05) is 0 Å². The first kappa shape index (κ1) is 12.5. The molecule has 2 aromatic heterocycles. The van der Waals surface area contributed by atoms with E-state index in [2.05, 4.69) is 21.9 Å². The van der Waals surface area contributed by atoms with Crippen LogP contribution in [0.2, 0.25) is 0 Å². The minimum Gasteiger partial charge on any atom is -0.358 e. The van der Waals surface area contributed by atoms with Crippen molar-refractivity contribution in [3.05, 3.63) is 28.1 Å². The Balaban J connectivity index is 2.09. The fourth-order valence-electron chi connectivity index (χ4n) is 1.87. The lowest BCUT2D eigenvalue weighted by Gasteiger charge is -1.95. The quantitative estimate of drug-likeness (QED) is 0.483. The van der Waals surface area contributed by atoms with E-state index in [4.69, 9.17) is 0 Å². The third-order valence-electron chi connectivity index (χ3n) is 2.83. The molecule has 18 heavy (non-hydrogen) atoms. The molecule has 1 N–H and O–H groups in total. The van der Waals surface area contributed by atoms with E-state index in [0.717, 1.165) is 24.2 Å². The molecule has 0 aromatic carbocycles. The lowest BCUT2D eigenvalue weighted by atomic mass is 10.1. The predicted molar refractivity (Wildman–Crippen MR) is 68.4 cm³/mol. The Morgan fingerprint density at radius 3 is 2.83 bits per heavy atom. The molecule has 0 aliphatic rings. The van der Waals surface area contributed by atoms with Gasteiger partial charge in [0.15, 0.2) is 0 Å². The highest BCUT2D eigenvalue weighted by atomic mass is 16.6. The third kappa shape index (κ3) is 2.82. The molecule has 0 amide bonds. The highest BCUT2D eigenvalue weighted by Gasteiger charge is 2.13. The molecule has 0 aliphatic carbocycles. The van der Waals surface area contributed by atoms with Crippen molar-refractivity contribution in [2.45, 2.75) is 39.0 Å². The first-order chi connectivity index (χ1) is 8.70. The Labute approximate surface area is 105 Å². The highest BCUT2D eigenvalue weighted by Crippen LogP contribution is 2.15. The van der Waals surface area contributed by atoms with Gasteiger partial charge in [-0.05, 0) is 22.4 Å². The summed E-state index contributed by atoms with van der Waals surface area (Å²) in [5.41, 5.74) is 1.18. The number of aromatic nitrogens is 3. The molecule has 2 aromatic rings. The number of rotatable bonds is 6. The van der Waals surface area contributed by atoms with Gasteiger partial charge < -0.3 is 15.1 Å². The van der Waals surface area contributed by atoms with Crippen LogP contribution in [0.15, 0.2) is 12.1 Å². The molecule has 0 bridgehead atoms. The van der Waals surface area contributed by atoms with Crippen LogP contribution in [0.1, 0.15) is 38.4 Å². The van der Waals surface area contributed by atoms with E-state index in [1.165, 1.54) is 25.3 Å².